The van der Waals surface area contributed by atoms with Crippen LogP contribution >= 0.6 is 11.8 Å². The number of benzene rings is 2. The number of ether oxygens (including phenoxy) is 1. The number of amides is 1. The van der Waals surface area contributed by atoms with Gasteiger partial charge in [0.25, 0.3) is 0 Å². The molecule has 4 rings (SSSR count). The molecule has 1 aliphatic heterocycles. The van der Waals surface area contributed by atoms with Gasteiger partial charge in [-0.05, 0) is 89.6 Å². The maximum atomic E-state index is 13.8. The van der Waals surface area contributed by atoms with Crippen LogP contribution < -0.4 is 9.64 Å². The number of carbonyl (C=O) groups excluding carboxylic acids is 1. The molecule has 0 aromatic heterocycles. The van der Waals surface area contributed by atoms with E-state index in [1.54, 1.807) is 11.8 Å². The fourth-order valence-corrected chi connectivity index (χ4v) is 7.15. The quantitative estimate of drug-likeness (QED) is 0.346. The third-order valence-electron chi connectivity index (χ3n) is 7.74. The van der Waals surface area contributed by atoms with Gasteiger partial charge in [-0.3, -0.25) is 4.79 Å². The molecule has 0 bridgehead atoms. The van der Waals surface area contributed by atoms with Gasteiger partial charge in [0.15, 0.2) is 0 Å². The van der Waals surface area contributed by atoms with E-state index >= 15 is 0 Å². The van der Waals surface area contributed by atoms with Crippen molar-refractivity contribution in [3.8, 4) is 5.75 Å². The lowest BCUT2D eigenvalue weighted by molar-refractivity contribution is -0.121. The van der Waals surface area contributed by atoms with Crippen LogP contribution in [-0.2, 0) is 9.54 Å². The summed E-state index contributed by atoms with van der Waals surface area (Å²) in [6, 6.07) is 17.3. The van der Waals surface area contributed by atoms with E-state index < -0.39 is 4.75 Å². The Kier molecular flexibility index (Phi) is 9.37. The van der Waals surface area contributed by atoms with E-state index in [2.05, 4.69) is 55.2 Å². The standard InChI is InChI=1S/C30H43N3O2S/c1-31(2)21-10-20-30(29(34)33(4)27-14-8-9-15-28(27)36-30)24-16-18-26(19-17-24)35-23-11-22-32(3)25-12-6-5-7-13-25/h8-9,14-19,25H,5-7,10-13,20-23H2,1-4H3. The number of hydrogen-bond acceptors (Lipinski definition) is 5. The summed E-state index contributed by atoms with van der Waals surface area (Å²) in [5.41, 5.74) is 2.05. The van der Waals surface area contributed by atoms with Crippen LogP contribution in [0, 0.1) is 0 Å². The summed E-state index contributed by atoms with van der Waals surface area (Å²) in [6.07, 6.45) is 9.59. The lowest BCUT2D eigenvalue weighted by Crippen LogP contribution is -2.46. The lowest BCUT2D eigenvalue weighted by Gasteiger charge is -2.41. The number of anilines is 1. The van der Waals surface area contributed by atoms with Crippen LogP contribution in [0.2, 0.25) is 0 Å². The highest BCUT2D eigenvalue weighted by atomic mass is 32.2. The van der Waals surface area contributed by atoms with E-state index in [1.807, 2.05) is 36.2 Å². The van der Waals surface area contributed by atoms with Gasteiger partial charge in [0.05, 0.1) is 12.3 Å². The van der Waals surface area contributed by atoms with Crippen LogP contribution in [0.15, 0.2) is 53.4 Å². The van der Waals surface area contributed by atoms with Gasteiger partial charge in [-0.25, -0.2) is 0 Å². The Morgan fingerprint density at radius 1 is 0.972 bits per heavy atom. The van der Waals surface area contributed by atoms with Gasteiger partial charge < -0.3 is 19.4 Å². The molecule has 1 aliphatic carbocycles. The number of thioether (sulfide) groups is 1. The summed E-state index contributed by atoms with van der Waals surface area (Å²) in [5.74, 6) is 1.04. The molecule has 196 valence electrons. The van der Waals surface area contributed by atoms with Crippen molar-refractivity contribution in [1.82, 2.24) is 9.80 Å². The van der Waals surface area contributed by atoms with Crippen LogP contribution in [0.4, 0.5) is 5.69 Å². The summed E-state index contributed by atoms with van der Waals surface area (Å²) in [7, 11) is 8.34. The first-order valence-corrected chi connectivity index (χ1v) is 14.4. The first-order valence-electron chi connectivity index (χ1n) is 13.6. The van der Waals surface area contributed by atoms with E-state index in [9.17, 15) is 4.79 Å². The largest absolute Gasteiger partial charge is 0.494 e. The minimum atomic E-state index is -0.625. The third-order valence-corrected chi connectivity index (χ3v) is 9.27. The molecule has 36 heavy (non-hydrogen) atoms. The van der Waals surface area contributed by atoms with Crippen molar-refractivity contribution < 1.29 is 9.53 Å². The summed E-state index contributed by atoms with van der Waals surface area (Å²) in [6.45, 7) is 2.75. The number of fused-ring (bicyclic) bond motifs is 1. The zero-order chi connectivity index (χ0) is 25.5. The first kappa shape index (κ1) is 27.0. The molecular weight excluding hydrogens is 466 g/mol. The predicted molar refractivity (Wildman–Crippen MR) is 151 cm³/mol. The van der Waals surface area contributed by atoms with Crippen molar-refractivity contribution in [3.05, 3.63) is 54.1 Å². The van der Waals surface area contributed by atoms with E-state index in [4.69, 9.17) is 4.74 Å². The zero-order valence-corrected chi connectivity index (χ0v) is 23.4. The van der Waals surface area contributed by atoms with Crippen molar-refractivity contribution >= 4 is 23.4 Å². The van der Waals surface area contributed by atoms with Crippen LogP contribution in [0.25, 0.3) is 0 Å². The molecule has 1 heterocycles. The Hall–Kier alpha value is -2.02. The molecule has 5 nitrogen and oxygen atoms in total. The first-order chi connectivity index (χ1) is 17.4. The number of nitrogens with zero attached hydrogens (tertiary/aromatic N) is 3. The lowest BCUT2D eigenvalue weighted by atomic mass is 9.90. The summed E-state index contributed by atoms with van der Waals surface area (Å²) >= 11 is 1.71. The molecule has 2 aliphatic rings. The summed E-state index contributed by atoms with van der Waals surface area (Å²) in [4.78, 5) is 21.5. The Labute approximate surface area is 222 Å². The highest BCUT2D eigenvalue weighted by Gasteiger charge is 2.47. The molecule has 0 saturated heterocycles. The molecule has 2 aromatic rings. The van der Waals surface area contributed by atoms with Crippen LogP contribution in [0.3, 0.4) is 0 Å². The van der Waals surface area contributed by atoms with Gasteiger partial charge >= 0.3 is 0 Å². The Bertz CT molecular complexity index is 990. The smallest absolute Gasteiger partial charge is 0.247 e. The number of rotatable bonds is 11. The normalized spacial score (nSPS) is 20.7. The SMILES string of the molecule is CN(C)CCCC1(c2ccc(OCCCN(C)C3CCCCC3)cc2)Sc2ccccc2N(C)C1=O. The second-order valence-corrected chi connectivity index (χ2v) is 12.0. The van der Waals surface area contributed by atoms with Gasteiger partial charge in [0.1, 0.15) is 10.5 Å². The fourth-order valence-electron chi connectivity index (χ4n) is 5.59. The number of para-hydroxylation sites is 1. The molecule has 0 N–H and O–H groups in total. The average molecular weight is 510 g/mol. The minimum Gasteiger partial charge on any atom is -0.494 e. The van der Waals surface area contributed by atoms with Crippen molar-refractivity contribution in [2.24, 2.45) is 0 Å². The van der Waals surface area contributed by atoms with Gasteiger partial charge in [-0.2, -0.15) is 0 Å². The van der Waals surface area contributed by atoms with E-state index in [0.29, 0.717) is 6.61 Å². The monoisotopic (exact) mass is 509 g/mol. The molecule has 0 radical (unpaired) electrons. The minimum absolute atomic E-state index is 0.157. The van der Waals surface area contributed by atoms with E-state index in [0.717, 1.165) is 60.3 Å². The van der Waals surface area contributed by atoms with Crippen molar-refractivity contribution in [2.45, 2.75) is 67.1 Å². The van der Waals surface area contributed by atoms with Gasteiger partial charge in [0, 0.05) is 24.5 Å². The third kappa shape index (κ3) is 6.27. The summed E-state index contributed by atoms with van der Waals surface area (Å²) in [5, 5.41) is 0. The van der Waals surface area contributed by atoms with Gasteiger partial charge in [-0.1, -0.05) is 43.5 Å². The number of carbonyl (C=O) groups is 1. The molecule has 1 amide bonds. The van der Waals surface area contributed by atoms with Crippen LogP contribution in [0.5, 0.6) is 5.75 Å². The topological polar surface area (TPSA) is 36.0 Å². The maximum absolute atomic E-state index is 13.8. The molecule has 1 fully saturated rings. The maximum Gasteiger partial charge on any atom is 0.247 e. The Balaban J connectivity index is 1.42. The van der Waals surface area contributed by atoms with Crippen molar-refractivity contribution in [1.29, 1.82) is 0 Å². The van der Waals surface area contributed by atoms with Gasteiger partial charge in [0.2, 0.25) is 5.91 Å². The average Bonchev–Trinajstić information content (AvgIpc) is 2.90. The highest BCUT2D eigenvalue weighted by molar-refractivity contribution is 8.01. The number of likely N-dealkylation sites (N-methyl/N-ethyl adjacent to an activating group) is 1. The predicted octanol–water partition coefficient (Wildman–Crippen LogP) is 6.03. The molecule has 1 unspecified atom stereocenters. The van der Waals surface area contributed by atoms with E-state index in [-0.39, 0.29) is 5.91 Å². The molecule has 6 heteroatoms. The zero-order valence-electron chi connectivity index (χ0n) is 22.5. The molecule has 2 aromatic carbocycles. The fraction of sp³-hybridized carbons (Fsp3) is 0.567. The molecule has 0 spiro atoms. The van der Waals surface area contributed by atoms with Crippen LogP contribution in [-0.4, -0.2) is 69.6 Å². The highest BCUT2D eigenvalue weighted by Crippen LogP contribution is 2.53. The van der Waals surface area contributed by atoms with Gasteiger partial charge in [-0.15, -0.1) is 11.8 Å². The van der Waals surface area contributed by atoms with E-state index in [1.165, 1.54) is 32.1 Å². The molecule has 1 atom stereocenters. The Morgan fingerprint density at radius 2 is 1.69 bits per heavy atom. The molecule has 1 saturated carbocycles. The second kappa shape index (κ2) is 12.5. The summed E-state index contributed by atoms with van der Waals surface area (Å²) < 4.78 is 5.48. The number of hydrogen-bond donors (Lipinski definition) is 0. The van der Waals surface area contributed by atoms with Crippen LogP contribution in [0.1, 0.15) is 56.9 Å². The second-order valence-electron chi connectivity index (χ2n) is 10.7. The Morgan fingerprint density at radius 3 is 2.42 bits per heavy atom. The van der Waals surface area contributed by atoms with Crippen molar-refractivity contribution in [2.75, 3.05) is 52.8 Å². The molecular formula is C30H43N3O2S. The van der Waals surface area contributed by atoms with Crippen molar-refractivity contribution in [3.63, 3.8) is 0 Å².